The lowest BCUT2D eigenvalue weighted by molar-refractivity contribution is -0.140. The number of nitrogens with one attached hydrogen (secondary N) is 1. The van der Waals surface area contributed by atoms with Gasteiger partial charge in [0.1, 0.15) is 12.6 Å². The highest BCUT2D eigenvalue weighted by molar-refractivity contribution is 6.35. The number of halogens is 2. The molecule has 0 aliphatic rings. The minimum atomic E-state index is -0.861. The molecule has 0 saturated heterocycles. The second-order valence-corrected chi connectivity index (χ2v) is 7.52. The molecule has 0 spiro atoms. The summed E-state index contributed by atoms with van der Waals surface area (Å²) in [6.45, 7) is 6.82. The molecule has 0 aromatic heterocycles. The van der Waals surface area contributed by atoms with Gasteiger partial charge in [-0.2, -0.15) is 0 Å². The SMILES string of the molecule is CCOc1cc(CNC(C(=O)O)C(C)C)ccc1OCc1ccc(Cl)cc1Cl. The van der Waals surface area contributed by atoms with Gasteiger partial charge in [-0.1, -0.05) is 49.2 Å². The van der Waals surface area contributed by atoms with Crippen LogP contribution < -0.4 is 14.8 Å². The van der Waals surface area contributed by atoms with E-state index in [1.165, 1.54) is 0 Å². The van der Waals surface area contributed by atoms with Crippen molar-refractivity contribution in [3.8, 4) is 11.5 Å². The highest BCUT2D eigenvalue weighted by Gasteiger charge is 2.20. The Bertz CT molecular complexity index is 811. The summed E-state index contributed by atoms with van der Waals surface area (Å²) in [7, 11) is 0. The van der Waals surface area contributed by atoms with Crippen molar-refractivity contribution in [3.63, 3.8) is 0 Å². The molecular weight excluding hydrogens is 401 g/mol. The fourth-order valence-corrected chi connectivity index (χ4v) is 3.14. The number of hydrogen-bond acceptors (Lipinski definition) is 4. The zero-order valence-corrected chi connectivity index (χ0v) is 17.7. The Balaban J connectivity index is 2.10. The molecule has 2 N–H and O–H groups in total. The van der Waals surface area contributed by atoms with Crippen molar-refractivity contribution in [1.29, 1.82) is 0 Å². The molecule has 152 valence electrons. The Hall–Kier alpha value is -1.95. The topological polar surface area (TPSA) is 67.8 Å². The molecule has 5 nitrogen and oxygen atoms in total. The fourth-order valence-electron chi connectivity index (χ4n) is 2.68. The molecule has 0 aliphatic heterocycles. The average molecular weight is 426 g/mol. The minimum Gasteiger partial charge on any atom is -0.490 e. The van der Waals surface area contributed by atoms with Crippen LogP contribution in [0.25, 0.3) is 0 Å². The van der Waals surface area contributed by atoms with Crippen molar-refractivity contribution < 1.29 is 19.4 Å². The normalized spacial score (nSPS) is 12.1. The van der Waals surface area contributed by atoms with E-state index in [0.29, 0.717) is 34.7 Å². The van der Waals surface area contributed by atoms with Gasteiger partial charge in [0.25, 0.3) is 0 Å². The average Bonchev–Trinajstić information content (AvgIpc) is 2.62. The van der Waals surface area contributed by atoms with E-state index in [-0.39, 0.29) is 12.5 Å². The first-order valence-corrected chi connectivity index (χ1v) is 9.86. The van der Waals surface area contributed by atoms with Crippen LogP contribution in [0.2, 0.25) is 10.0 Å². The lowest BCUT2D eigenvalue weighted by Gasteiger charge is -2.19. The van der Waals surface area contributed by atoms with E-state index in [2.05, 4.69) is 5.32 Å². The third-order valence-corrected chi connectivity index (χ3v) is 4.75. The van der Waals surface area contributed by atoms with Crippen LogP contribution in [0.5, 0.6) is 11.5 Å². The summed E-state index contributed by atoms with van der Waals surface area (Å²) >= 11 is 12.1. The number of carboxylic acids is 1. The van der Waals surface area contributed by atoms with Crippen LogP contribution in [0.3, 0.4) is 0 Å². The maximum absolute atomic E-state index is 11.3. The zero-order valence-electron chi connectivity index (χ0n) is 16.2. The van der Waals surface area contributed by atoms with Gasteiger partial charge in [0.15, 0.2) is 11.5 Å². The van der Waals surface area contributed by atoms with Gasteiger partial charge in [-0.3, -0.25) is 4.79 Å². The fraction of sp³-hybridized carbons (Fsp3) is 0.381. The summed E-state index contributed by atoms with van der Waals surface area (Å²) < 4.78 is 11.6. The predicted molar refractivity (Wildman–Crippen MR) is 112 cm³/mol. The summed E-state index contributed by atoms with van der Waals surface area (Å²) in [6.07, 6.45) is 0. The van der Waals surface area contributed by atoms with Crippen LogP contribution in [0, 0.1) is 5.92 Å². The number of carboxylic acid groups (broad SMARTS) is 1. The quantitative estimate of drug-likeness (QED) is 0.549. The number of hydrogen-bond donors (Lipinski definition) is 2. The van der Waals surface area contributed by atoms with Gasteiger partial charge in [-0.05, 0) is 42.7 Å². The van der Waals surface area contributed by atoms with Gasteiger partial charge in [-0.15, -0.1) is 0 Å². The van der Waals surface area contributed by atoms with Gasteiger partial charge in [0.2, 0.25) is 0 Å². The highest BCUT2D eigenvalue weighted by atomic mass is 35.5. The summed E-state index contributed by atoms with van der Waals surface area (Å²) in [4.78, 5) is 11.3. The zero-order chi connectivity index (χ0) is 20.7. The van der Waals surface area contributed by atoms with Gasteiger partial charge in [0, 0.05) is 22.2 Å². The number of rotatable bonds is 10. The highest BCUT2D eigenvalue weighted by Crippen LogP contribution is 2.30. The van der Waals surface area contributed by atoms with Crippen LogP contribution in [-0.4, -0.2) is 23.7 Å². The molecule has 0 radical (unpaired) electrons. The van der Waals surface area contributed by atoms with Crippen LogP contribution in [-0.2, 0) is 17.9 Å². The molecule has 2 aromatic rings. The Morgan fingerprint density at radius 2 is 1.86 bits per heavy atom. The molecule has 1 atom stereocenters. The molecule has 28 heavy (non-hydrogen) atoms. The third kappa shape index (κ3) is 6.30. The van der Waals surface area contributed by atoms with Gasteiger partial charge in [0.05, 0.1) is 6.61 Å². The molecule has 0 saturated carbocycles. The molecule has 0 bridgehead atoms. The summed E-state index contributed by atoms with van der Waals surface area (Å²) in [5.41, 5.74) is 1.73. The Morgan fingerprint density at radius 3 is 2.46 bits per heavy atom. The molecule has 0 fully saturated rings. The van der Waals surface area contributed by atoms with Crippen molar-refractivity contribution in [2.75, 3.05) is 6.61 Å². The summed E-state index contributed by atoms with van der Waals surface area (Å²) in [5, 5.41) is 13.5. The monoisotopic (exact) mass is 425 g/mol. The lowest BCUT2D eigenvalue weighted by atomic mass is 10.0. The molecule has 0 amide bonds. The molecule has 0 heterocycles. The van der Waals surface area contributed by atoms with E-state index in [4.69, 9.17) is 32.7 Å². The number of aliphatic carboxylic acids is 1. The van der Waals surface area contributed by atoms with E-state index in [1.54, 1.807) is 12.1 Å². The van der Waals surface area contributed by atoms with E-state index < -0.39 is 12.0 Å². The predicted octanol–water partition coefficient (Wildman–Crippen LogP) is 5.17. The molecule has 0 aliphatic carbocycles. The van der Waals surface area contributed by atoms with E-state index in [0.717, 1.165) is 11.1 Å². The summed E-state index contributed by atoms with van der Waals surface area (Å²) in [5.74, 6) is 0.314. The first kappa shape index (κ1) is 22.3. The van der Waals surface area contributed by atoms with E-state index >= 15 is 0 Å². The molecule has 2 aromatic carbocycles. The van der Waals surface area contributed by atoms with E-state index in [1.807, 2.05) is 45.0 Å². The number of ether oxygens (including phenoxy) is 2. The standard InChI is InChI=1S/C21H25Cl2NO4/c1-4-27-19-9-14(11-24-20(13(2)3)21(25)26)5-8-18(19)28-12-15-6-7-16(22)10-17(15)23/h5-10,13,20,24H,4,11-12H2,1-3H3,(H,25,26). The van der Waals surface area contributed by atoms with Gasteiger partial charge in [-0.25, -0.2) is 0 Å². The van der Waals surface area contributed by atoms with Crippen LogP contribution in [0.1, 0.15) is 31.9 Å². The summed E-state index contributed by atoms with van der Waals surface area (Å²) in [6, 6.07) is 10.2. The maximum Gasteiger partial charge on any atom is 0.320 e. The van der Waals surface area contributed by atoms with Crippen LogP contribution in [0.15, 0.2) is 36.4 Å². The van der Waals surface area contributed by atoms with Crippen LogP contribution in [0.4, 0.5) is 0 Å². The smallest absolute Gasteiger partial charge is 0.320 e. The molecule has 2 rings (SSSR count). The minimum absolute atomic E-state index is 0.0180. The van der Waals surface area contributed by atoms with Crippen molar-refractivity contribution in [1.82, 2.24) is 5.32 Å². The second-order valence-electron chi connectivity index (χ2n) is 6.68. The lowest BCUT2D eigenvalue weighted by Crippen LogP contribution is -2.40. The largest absolute Gasteiger partial charge is 0.490 e. The first-order chi connectivity index (χ1) is 13.3. The van der Waals surface area contributed by atoms with Gasteiger partial charge >= 0.3 is 5.97 Å². The molecular formula is C21H25Cl2NO4. The van der Waals surface area contributed by atoms with Crippen LogP contribution >= 0.6 is 23.2 Å². The maximum atomic E-state index is 11.3. The van der Waals surface area contributed by atoms with Crippen molar-refractivity contribution >= 4 is 29.2 Å². The van der Waals surface area contributed by atoms with E-state index in [9.17, 15) is 9.90 Å². The second kappa shape index (κ2) is 10.6. The Labute approximate surface area is 175 Å². The first-order valence-electron chi connectivity index (χ1n) is 9.10. The van der Waals surface area contributed by atoms with Gasteiger partial charge < -0.3 is 19.9 Å². The Morgan fingerprint density at radius 1 is 1.11 bits per heavy atom. The van der Waals surface area contributed by atoms with Crippen molar-refractivity contribution in [2.24, 2.45) is 5.92 Å². The molecule has 1 unspecified atom stereocenters. The Kier molecular flexibility index (Phi) is 8.42. The van der Waals surface area contributed by atoms with Crippen molar-refractivity contribution in [2.45, 2.75) is 40.0 Å². The number of benzene rings is 2. The third-order valence-electron chi connectivity index (χ3n) is 4.17. The number of carbonyl (C=O) groups is 1. The van der Waals surface area contributed by atoms with Crippen molar-refractivity contribution in [3.05, 3.63) is 57.6 Å². The molecule has 7 heteroatoms.